The minimum Gasteiger partial charge on any atom is -0.473 e. The first-order valence-corrected chi connectivity index (χ1v) is 11.9. The fraction of sp³-hybridized carbons (Fsp3) is 0.333. The Balaban J connectivity index is 1.50. The zero-order valence-electron chi connectivity index (χ0n) is 21.6. The summed E-state index contributed by atoms with van der Waals surface area (Å²) in [5.41, 5.74) is -1.49. The van der Waals surface area contributed by atoms with Crippen LogP contribution >= 0.6 is 0 Å². The van der Waals surface area contributed by atoms with Crippen LogP contribution in [0.25, 0.3) is 0 Å². The van der Waals surface area contributed by atoms with Crippen LogP contribution in [0.2, 0.25) is 0 Å². The van der Waals surface area contributed by atoms with Crippen molar-refractivity contribution < 1.29 is 32.2 Å². The maximum absolute atomic E-state index is 13.2. The molecule has 1 amide bonds. The number of carbonyl (C=O) groups is 1. The average molecular weight is 543 g/mol. The van der Waals surface area contributed by atoms with Gasteiger partial charge in [0.15, 0.2) is 0 Å². The minimum atomic E-state index is -4.54. The van der Waals surface area contributed by atoms with E-state index in [2.05, 4.69) is 4.98 Å². The molecule has 1 aliphatic rings. The lowest BCUT2D eigenvalue weighted by Gasteiger charge is -2.24. The summed E-state index contributed by atoms with van der Waals surface area (Å²) in [6, 6.07) is 11.5. The Morgan fingerprint density at radius 2 is 1.85 bits per heavy atom. The lowest BCUT2D eigenvalue weighted by atomic mass is 10.1. The molecule has 0 N–H and O–H groups in total. The van der Waals surface area contributed by atoms with Gasteiger partial charge in [0.1, 0.15) is 35.6 Å². The number of benzene rings is 2. The monoisotopic (exact) mass is 542 g/mol. The van der Waals surface area contributed by atoms with E-state index in [0.717, 1.165) is 6.07 Å². The highest BCUT2D eigenvalue weighted by atomic mass is 19.4. The number of hydrogen-bond donors (Lipinski definition) is 0. The molecule has 3 aromatic rings. The van der Waals surface area contributed by atoms with Gasteiger partial charge < -0.3 is 14.2 Å². The summed E-state index contributed by atoms with van der Waals surface area (Å²) in [4.78, 5) is 30.3. The molecule has 0 unspecified atom stereocenters. The number of hydrogen-bond acceptors (Lipinski definition) is 7. The van der Waals surface area contributed by atoms with Gasteiger partial charge in [-0.25, -0.2) is 9.59 Å². The van der Waals surface area contributed by atoms with Crippen molar-refractivity contribution in [3.05, 3.63) is 75.2 Å². The molecule has 1 aromatic heterocycles. The van der Waals surface area contributed by atoms with Crippen molar-refractivity contribution in [1.82, 2.24) is 9.55 Å². The highest BCUT2D eigenvalue weighted by Crippen LogP contribution is 2.36. The number of amides is 1. The fourth-order valence-electron chi connectivity index (χ4n) is 3.89. The van der Waals surface area contributed by atoms with Crippen LogP contribution < -0.4 is 20.1 Å². The largest absolute Gasteiger partial charge is 0.473 e. The molecule has 0 fully saturated rings. The summed E-state index contributed by atoms with van der Waals surface area (Å²) < 4.78 is 57.7. The number of nitrogens with zero attached hydrogens (tertiary/aromatic N) is 4. The van der Waals surface area contributed by atoms with E-state index >= 15 is 0 Å². The second-order valence-corrected chi connectivity index (χ2v) is 9.83. The van der Waals surface area contributed by atoms with Gasteiger partial charge in [-0.2, -0.15) is 23.4 Å². The summed E-state index contributed by atoms with van der Waals surface area (Å²) in [7, 11) is 0. The Morgan fingerprint density at radius 3 is 2.51 bits per heavy atom. The highest BCUT2D eigenvalue weighted by molar-refractivity contribution is 5.87. The molecule has 0 spiro atoms. The van der Waals surface area contributed by atoms with Gasteiger partial charge >= 0.3 is 18.0 Å². The molecule has 9 nitrogen and oxygen atoms in total. The second kappa shape index (κ2) is 10.3. The molecular formula is C27H25F3N4O5. The average Bonchev–Trinajstić information content (AvgIpc) is 3.27. The first kappa shape index (κ1) is 27.5. The molecule has 0 saturated heterocycles. The normalized spacial score (nSPS) is 13.0. The summed E-state index contributed by atoms with van der Waals surface area (Å²) in [6.45, 7) is 6.99. The van der Waals surface area contributed by atoms with Gasteiger partial charge in [0.05, 0.1) is 11.1 Å². The molecule has 0 aliphatic carbocycles. The number of ether oxygens (including phenoxy) is 3. The van der Waals surface area contributed by atoms with Gasteiger partial charge in [0, 0.05) is 19.2 Å². The number of halogens is 3. The molecule has 2 heterocycles. The topological polar surface area (TPSA) is 107 Å². The molecule has 0 radical (unpaired) electrons. The van der Waals surface area contributed by atoms with Crippen molar-refractivity contribution in [2.75, 3.05) is 11.4 Å². The number of rotatable bonds is 5. The van der Waals surface area contributed by atoms with Crippen molar-refractivity contribution in [3.63, 3.8) is 0 Å². The van der Waals surface area contributed by atoms with Crippen LogP contribution in [0.3, 0.4) is 0 Å². The first-order chi connectivity index (χ1) is 18.2. The van der Waals surface area contributed by atoms with Crippen LogP contribution in [0.1, 0.15) is 43.0 Å². The molecule has 12 heteroatoms. The molecular weight excluding hydrogens is 517 g/mol. The van der Waals surface area contributed by atoms with Crippen molar-refractivity contribution >= 4 is 11.9 Å². The summed E-state index contributed by atoms with van der Waals surface area (Å²) >= 11 is 0. The summed E-state index contributed by atoms with van der Waals surface area (Å²) in [5, 5.41) is 9.58. The quantitative estimate of drug-likeness (QED) is 0.415. The number of aromatic nitrogens is 2. The predicted octanol–water partition coefficient (Wildman–Crippen LogP) is 5.57. The van der Waals surface area contributed by atoms with Gasteiger partial charge in [0.2, 0.25) is 5.88 Å². The Bertz CT molecular complexity index is 1520. The summed E-state index contributed by atoms with van der Waals surface area (Å²) in [6.07, 6.45) is -5.14. The third-order valence-corrected chi connectivity index (χ3v) is 5.70. The number of carbonyl (C=O) groups excluding carboxylic acids is 1. The van der Waals surface area contributed by atoms with Crippen LogP contribution in [0.4, 0.5) is 23.8 Å². The highest BCUT2D eigenvalue weighted by Gasteiger charge is 2.33. The van der Waals surface area contributed by atoms with Crippen LogP contribution in [0, 0.1) is 18.3 Å². The molecule has 0 bridgehead atoms. The Hall–Kier alpha value is -4.53. The number of alkyl halides is 3. The standard InChI is InChI=1S/C27H25F3N4O5/c1-16-5-7-19(12-20(16)27(28,29)30)38-21-8-6-17(11-18(21)14-31)15-37-22-13-23-33(24(35)32-22)9-10-34(23)25(36)39-26(2,3)4/h5-8,11-13H,9-10,15H2,1-4H3. The lowest BCUT2D eigenvalue weighted by molar-refractivity contribution is -0.138. The molecule has 39 heavy (non-hydrogen) atoms. The number of anilines is 1. The second-order valence-electron chi connectivity index (χ2n) is 9.83. The zero-order valence-corrected chi connectivity index (χ0v) is 21.6. The number of fused-ring (bicyclic) bond motifs is 1. The van der Waals surface area contributed by atoms with Crippen LogP contribution in [0.15, 0.2) is 47.3 Å². The van der Waals surface area contributed by atoms with E-state index in [1.807, 2.05) is 6.07 Å². The Kier molecular flexibility index (Phi) is 7.28. The van der Waals surface area contributed by atoms with Gasteiger partial charge in [-0.1, -0.05) is 12.1 Å². The SMILES string of the molecule is Cc1ccc(Oc2ccc(COc3cc4n(c(=O)n3)CCN4C(=O)OC(C)(C)C)cc2C#N)cc1C(F)(F)F. The zero-order chi connectivity index (χ0) is 28.5. The van der Waals surface area contributed by atoms with E-state index in [1.165, 1.54) is 46.7 Å². The van der Waals surface area contributed by atoms with Crippen LogP contribution in [0.5, 0.6) is 17.4 Å². The molecule has 1 aliphatic heterocycles. The van der Waals surface area contributed by atoms with E-state index < -0.39 is 29.1 Å². The fourth-order valence-corrected chi connectivity index (χ4v) is 3.89. The number of aryl methyl sites for hydroxylation is 1. The molecule has 0 atom stereocenters. The van der Waals surface area contributed by atoms with Gasteiger partial charge in [-0.15, -0.1) is 0 Å². The van der Waals surface area contributed by atoms with E-state index in [1.54, 1.807) is 26.8 Å². The Labute approximate surface area is 222 Å². The van der Waals surface area contributed by atoms with Crippen LogP contribution in [-0.4, -0.2) is 27.8 Å². The maximum Gasteiger partial charge on any atom is 0.416 e. The molecule has 4 rings (SSSR count). The summed E-state index contributed by atoms with van der Waals surface area (Å²) in [5.74, 6) is 0.267. The predicted molar refractivity (Wildman–Crippen MR) is 134 cm³/mol. The smallest absolute Gasteiger partial charge is 0.416 e. The van der Waals surface area contributed by atoms with Crippen molar-refractivity contribution in [3.8, 4) is 23.4 Å². The molecule has 2 aromatic carbocycles. The van der Waals surface area contributed by atoms with Crippen molar-refractivity contribution in [2.45, 2.75) is 52.6 Å². The minimum absolute atomic E-state index is 0.0279. The van der Waals surface area contributed by atoms with E-state index in [9.17, 15) is 28.0 Å². The third kappa shape index (κ3) is 6.31. The number of nitriles is 1. The van der Waals surface area contributed by atoms with Crippen LogP contribution in [-0.2, 0) is 24.1 Å². The maximum atomic E-state index is 13.2. The van der Waals surface area contributed by atoms with Gasteiger partial charge in [-0.05, 0) is 63.1 Å². The Morgan fingerprint density at radius 1 is 1.10 bits per heavy atom. The van der Waals surface area contributed by atoms with Crippen molar-refractivity contribution in [1.29, 1.82) is 5.26 Å². The molecule has 0 saturated carbocycles. The van der Waals surface area contributed by atoms with Crippen molar-refractivity contribution in [2.24, 2.45) is 0 Å². The third-order valence-electron chi connectivity index (χ3n) is 5.70. The molecule has 204 valence electrons. The van der Waals surface area contributed by atoms with E-state index in [4.69, 9.17) is 14.2 Å². The van der Waals surface area contributed by atoms with E-state index in [0.29, 0.717) is 5.56 Å². The van der Waals surface area contributed by atoms with Gasteiger partial charge in [-0.3, -0.25) is 9.47 Å². The van der Waals surface area contributed by atoms with Gasteiger partial charge in [0.25, 0.3) is 0 Å². The lowest BCUT2D eigenvalue weighted by Crippen LogP contribution is -2.36. The van der Waals surface area contributed by atoms with E-state index in [-0.39, 0.29) is 54.0 Å². The first-order valence-electron chi connectivity index (χ1n) is 11.9.